The van der Waals surface area contributed by atoms with Gasteiger partial charge in [-0.25, -0.2) is 0 Å². The van der Waals surface area contributed by atoms with Crippen molar-refractivity contribution in [2.75, 3.05) is 26.1 Å². The molecule has 2 aliphatic rings. The molecule has 1 aliphatic carbocycles. The molecule has 182 valence electrons. The summed E-state index contributed by atoms with van der Waals surface area (Å²) in [6.45, 7) is 0.448. The Kier molecular flexibility index (Phi) is 6.65. The Labute approximate surface area is 203 Å². The van der Waals surface area contributed by atoms with Gasteiger partial charge in [0.25, 0.3) is 5.91 Å². The second kappa shape index (κ2) is 9.66. The molecule has 0 bridgehead atoms. The van der Waals surface area contributed by atoms with Gasteiger partial charge in [0.2, 0.25) is 5.91 Å². The number of carbonyl (C=O) groups excluding carboxylic acids is 2. The van der Waals surface area contributed by atoms with Crippen LogP contribution in [0.5, 0.6) is 11.5 Å². The number of amides is 2. The number of aliphatic carboxylic acids is 1. The number of methoxy groups -OCH3 is 1. The summed E-state index contributed by atoms with van der Waals surface area (Å²) < 4.78 is 11.2. The largest absolute Gasteiger partial charge is 0.496 e. The highest BCUT2D eigenvalue weighted by Gasteiger charge is 2.61. The summed E-state index contributed by atoms with van der Waals surface area (Å²) in [7, 11) is 3.04. The SMILES string of the molecule is CNC(=O)c1cc2c(cc1OC)OCC[C@]21C[C@H]1C(=O)Nc1cc(C#N)ccc1CCCC(=O)O. The van der Waals surface area contributed by atoms with Crippen molar-refractivity contribution in [3.8, 4) is 17.6 Å². The Bertz CT molecular complexity index is 1230. The average molecular weight is 478 g/mol. The van der Waals surface area contributed by atoms with Gasteiger partial charge in [-0.1, -0.05) is 6.07 Å². The molecule has 2 amide bonds. The molecule has 0 unspecified atom stereocenters. The predicted octanol–water partition coefficient (Wildman–Crippen LogP) is 3.01. The lowest BCUT2D eigenvalue weighted by Gasteiger charge is -2.28. The van der Waals surface area contributed by atoms with Crippen LogP contribution in [0.1, 0.15) is 52.7 Å². The van der Waals surface area contributed by atoms with E-state index in [2.05, 4.69) is 16.7 Å². The first kappa shape index (κ1) is 24.1. The fourth-order valence-corrected chi connectivity index (χ4v) is 4.88. The number of carboxylic acids is 1. The molecule has 0 radical (unpaired) electrons. The summed E-state index contributed by atoms with van der Waals surface area (Å²) in [5.74, 6) is -0.655. The number of hydrogen-bond donors (Lipinski definition) is 3. The van der Waals surface area contributed by atoms with Crippen molar-refractivity contribution < 1.29 is 29.0 Å². The zero-order valence-corrected chi connectivity index (χ0v) is 19.6. The van der Waals surface area contributed by atoms with E-state index in [1.54, 1.807) is 37.4 Å². The van der Waals surface area contributed by atoms with Crippen LogP contribution in [0, 0.1) is 17.2 Å². The highest BCUT2D eigenvalue weighted by molar-refractivity contribution is 5.99. The summed E-state index contributed by atoms with van der Waals surface area (Å²) in [4.78, 5) is 36.7. The maximum absolute atomic E-state index is 13.4. The summed E-state index contributed by atoms with van der Waals surface area (Å²) in [6, 6.07) is 10.6. The fourth-order valence-electron chi connectivity index (χ4n) is 4.88. The van der Waals surface area contributed by atoms with Gasteiger partial charge >= 0.3 is 5.97 Å². The van der Waals surface area contributed by atoms with E-state index >= 15 is 0 Å². The van der Waals surface area contributed by atoms with Gasteiger partial charge in [0.05, 0.1) is 30.9 Å². The zero-order valence-electron chi connectivity index (χ0n) is 19.6. The first-order valence-corrected chi connectivity index (χ1v) is 11.5. The van der Waals surface area contributed by atoms with Gasteiger partial charge in [-0.2, -0.15) is 5.26 Å². The first-order chi connectivity index (χ1) is 16.8. The number of benzene rings is 2. The zero-order chi connectivity index (χ0) is 25.2. The number of hydrogen-bond acceptors (Lipinski definition) is 6. The van der Waals surface area contributed by atoms with E-state index in [9.17, 15) is 19.6 Å². The molecule has 4 rings (SSSR count). The number of nitrogens with zero attached hydrogens (tertiary/aromatic N) is 1. The molecule has 2 aromatic carbocycles. The molecule has 0 aromatic heterocycles. The molecule has 9 nitrogen and oxygen atoms in total. The molecule has 1 fully saturated rings. The van der Waals surface area contributed by atoms with Gasteiger partial charge in [-0.15, -0.1) is 0 Å². The third-order valence-electron chi connectivity index (χ3n) is 6.84. The minimum absolute atomic E-state index is 0.0209. The lowest BCUT2D eigenvalue weighted by molar-refractivity contribution is -0.137. The van der Waals surface area contributed by atoms with E-state index in [1.165, 1.54) is 7.11 Å². The van der Waals surface area contributed by atoms with Crippen molar-refractivity contribution in [2.45, 2.75) is 37.5 Å². The van der Waals surface area contributed by atoms with E-state index in [-0.39, 0.29) is 24.2 Å². The number of carboxylic acid groups (broad SMARTS) is 1. The second-order valence-corrected chi connectivity index (χ2v) is 8.86. The molecule has 35 heavy (non-hydrogen) atoms. The lowest BCUT2D eigenvalue weighted by Crippen LogP contribution is -2.28. The highest BCUT2D eigenvalue weighted by Crippen LogP contribution is 2.61. The summed E-state index contributed by atoms with van der Waals surface area (Å²) in [5, 5.41) is 23.8. The number of carbonyl (C=O) groups is 3. The van der Waals surface area contributed by atoms with Crippen LogP contribution in [0.25, 0.3) is 0 Å². The van der Waals surface area contributed by atoms with Gasteiger partial charge in [-0.05, 0) is 49.4 Å². The monoisotopic (exact) mass is 477 g/mol. The van der Waals surface area contributed by atoms with Crippen molar-refractivity contribution in [2.24, 2.45) is 5.92 Å². The second-order valence-electron chi connectivity index (χ2n) is 8.86. The Hall–Kier alpha value is -4.06. The topological polar surface area (TPSA) is 138 Å². The minimum Gasteiger partial charge on any atom is -0.496 e. The van der Waals surface area contributed by atoms with E-state index < -0.39 is 11.4 Å². The van der Waals surface area contributed by atoms with E-state index in [0.29, 0.717) is 60.6 Å². The van der Waals surface area contributed by atoms with Gasteiger partial charge < -0.3 is 25.2 Å². The standard InChI is InChI=1S/C26H27N3O6/c1-28-24(32)17-11-18-22(12-21(17)34-2)35-9-8-26(18)13-19(26)25(33)29-20-10-15(14-27)6-7-16(20)4-3-5-23(30)31/h6-7,10-12,19H,3-5,8-9,13H2,1-2H3,(H,28,32)(H,29,33)(H,30,31)/t19-,26-/m0/s1. The van der Waals surface area contributed by atoms with Crippen LogP contribution < -0.4 is 20.1 Å². The normalized spacial score (nSPS) is 19.6. The van der Waals surface area contributed by atoms with Crippen LogP contribution >= 0.6 is 0 Å². The fraction of sp³-hybridized carbons (Fsp3) is 0.385. The number of anilines is 1. The van der Waals surface area contributed by atoms with Crippen molar-refractivity contribution in [1.29, 1.82) is 5.26 Å². The lowest BCUT2D eigenvalue weighted by atomic mass is 9.86. The van der Waals surface area contributed by atoms with Crippen LogP contribution in [0.4, 0.5) is 5.69 Å². The minimum atomic E-state index is -0.880. The number of rotatable bonds is 8. The van der Waals surface area contributed by atoms with E-state index in [4.69, 9.17) is 14.6 Å². The summed E-state index contributed by atoms with van der Waals surface area (Å²) >= 11 is 0. The molecular weight excluding hydrogens is 450 g/mol. The molecule has 1 heterocycles. The number of nitrogens with one attached hydrogen (secondary N) is 2. The van der Waals surface area contributed by atoms with E-state index in [1.807, 2.05) is 0 Å². The predicted molar refractivity (Wildman–Crippen MR) is 127 cm³/mol. The first-order valence-electron chi connectivity index (χ1n) is 11.5. The molecule has 1 aliphatic heterocycles. The Morgan fingerprint density at radius 1 is 1.29 bits per heavy atom. The average Bonchev–Trinajstić information content (AvgIpc) is 3.58. The van der Waals surface area contributed by atoms with Gasteiger partial charge in [0.15, 0.2) is 0 Å². The van der Waals surface area contributed by atoms with E-state index in [0.717, 1.165) is 11.1 Å². The molecule has 1 saturated carbocycles. The van der Waals surface area contributed by atoms with Crippen LogP contribution in [0.2, 0.25) is 0 Å². The van der Waals surface area contributed by atoms with Crippen molar-refractivity contribution in [3.63, 3.8) is 0 Å². The van der Waals surface area contributed by atoms with Crippen molar-refractivity contribution in [3.05, 3.63) is 52.6 Å². The third-order valence-corrected chi connectivity index (χ3v) is 6.84. The quantitative estimate of drug-likeness (QED) is 0.531. The number of nitriles is 1. The summed E-state index contributed by atoms with van der Waals surface area (Å²) in [6.07, 6.45) is 2.16. The van der Waals surface area contributed by atoms with Crippen molar-refractivity contribution >= 4 is 23.5 Å². The van der Waals surface area contributed by atoms with Gasteiger partial charge in [0.1, 0.15) is 11.5 Å². The highest BCUT2D eigenvalue weighted by atomic mass is 16.5. The molecule has 3 N–H and O–H groups in total. The number of ether oxygens (including phenoxy) is 2. The van der Waals surface area contributed by atoms with Crippen LogP contribution in [0.3, 0.4) is 0 Å². The third kappa shape index (κ3) is 4.64. The van der Waals surface area contributed by atoms with Crippen LogP contribution in [0.15, 0.2) is 30.3 Å². The molecule has 2 aromatic rings. The molecule has 9 heteroatoms. The molecule has 0 saturated heterocycles. The summed E-state index contributed by atoms with van der Waals surface area (Å²) in [5.41, 5.74) is 2.47. The Morgan fingerprint density at radius 3 is 2.77 bits per heavy atom. The Morgan fingerprint density at radius 2 is 2.09 bits per heavy atom. The smallest absolute Gasteiger partial charge is 0.303 e. The maximum atomic E-state index is 13.4. The van der Waals surface area contributed by atoms with Gasteiger partial charge in [0, 0.05) is 42.1 Å². The van der Waals surface area contributed by atoms with Crippen molar-refractivity contribution in [1.82, 2.24) is 5.32 Å². The molecular formula is C26H27N3O6. The maximum Gasteiger partial charge on any atom is 0.303 e. The van der Waals surface area contributed by atoms with Crippen LogP contribution in [-0.4, -0.2) is 43.7 Å². The number of fused-ring (bicyclic) bond motifs is 2. The van der Waals surface area contributed by atoms with Crippen LogP contribution in [-0.2, 0) is 21.4 Å². The van der Waals surface area contributed by atoms with Gasteiger partial charge in [-0.3, -0.25) is 14.4 Å². The number of aryl methyl sites for hydroxylation is 1. The molecule has 1 spiro atoms. The Balaban J connectivity index is 1.59. The molecule has 2 atom stereocenters.